The zero-order valence-electron chi connectivity index (χ0n) is 7.79. The summed E-state index contributed by atoms with van der Waals surface area (Å²) in [6.45, 7) is 4.04. The van der Waals surface area contributed by atoms with Crippen LogP contribution in [0.1, 0.15) is 26.7 Å². The molecule has 0 aliphatic carbocycles. The van der Waals surface area contributed by atoms with Gasteiger partial charge in [-0.2, -0.15) is 5.01 Å². The number of halogens is 1. The Morgan fingerprint density at radius 1 is 1.69 bits per heavy atom. The maximum absolute atomic E-state index is 11.1. The number of nitroso groups, excluding NO2 is 1. The largest absolute Gasteiger partial charge is 0.341 e. The standard InChI is InChI=1S/C7H14ClN3O2/c1-3-4-5-9-7(12)11(10-13)6(2)8/h6H,3-5H2,1-2H3,(H,9,12). The Morgan fingerprint density at radius 2 is 2.31 bits per heavy atom. The summed E-state index contributed by atoms with van der Waals surface area (Å²) in [5.41, 5.74) is -0.723. The SMILES string of the molecule is CCCCNC(=O)N(N=O)C(C)Cl. The van der Waals surface area contributed by atoms with Crippen LogP contribution in [-0.4, -0.2) is 23.1 Å². The molecule has 6 heteroatoms. The van der Waals surface area contributed by atoms with Crippen LogP contribution < -0.4 is 5.32 Å². The molecule has 13 heavy (non-hydrogen) atoms. The maximum Gasteiger partial charge on any atom is 0.341 e. The third-order valence-corrected chi connectivity index (χ3v) is 1.62. The predicted molar refractivity (Wildman–Crippen MR) is 51.3 cm³/mol. The molecule has 0 aromatic rings. The summed E-state index contributed by atoms with van der Waals surface area (Å²) in [6, 6.07) is -0.550. The number of unbranched alkanes of at least 4 members (excludes halogenated alkanes) is 1. The minimum Gasteiger partial charge on any atom is -0.336 e. The first-order valence-corrected chi connectivity index (χ1v) is 4.61. The van der Waals surface area contributed by atoms with Crippen LogP contribution in [0.15, 0.2) is 5.29 Å². The number of nitrogens with zero attached hydrogens (tertiary/aromatic N) is 2. The van der Waals surface area contributed by atoms with E-state index in [1.165, 1.54) is 6.92 Å². The second kappa shape index (κ2) is 6.65. The highest BCUT2D eigenvalue weighted by Crippen LogP contribution is 2.03. The lowest BCUT2D eigenvalue weighted by Gasteiger charge is -2.15. The number of hydrogen-bond acceptors (Lipinski definition) is 3. The average molecular weight is 208 g/mol. The summed E-state index contributed by atoms with van der Waals surface area (Å²) < 4.78 is 0. The molecule has 0 aromatic heterocycles. The van der Waals surface area contributed by atoms with Gasteiger partial charge in [0.15, 0.2) is 0 Å². The number of amides is 2. The molecule has 0 saturated heterocycles. The first kappa shape index (κ1) is 12.2. The van der Waals surface area contributed by atoms with Crippen molar-refractivity contribution >= 4 is 17.6 Å². The van der Waals surface area contributed by atoms with Crippen molar-refractivity contribution in [2.24, 2.45) is 5.29 Å². The third-order valence-electron chi connectivity index (χ3n) is 1.44. The molecule has 0 rings (SSSR count). The van der Waals surface area contributed by atoms with E-state index in [9.17, 15) is 9.70 Å². The molecule has 1 atom stereocenters. The molecule has 0 spiro atoms. The molecule has 0 aromatic carbocycles. The topological polar surface area (TPSA) is 61.8 Å². The number of nitrogens with one attached hydrogen (secondary N) is 1. The van der Waals surface area contributed by atoms with Gasteiger partial charge in [0.05, 0.1) is 5.29 Å². The highest BCUT2D eigenvalue weighted by molar-refractivity contribution is 6.20. The summed E-state index contributed by atoms with van der Waals surface area (Å²) >= 11 is 5.52. The van der Waals surface area contributed by atoms with Gasteiger partial charge in [0, 0.05) is 6.54 Å². The molecule has 0 fully saturated rings. The molecule has 5 nitrogen and oxygen atoms in total. The minimum absolute atomic E-state index is 0.533. The van der Waals surface area contributed by atoms with Gasteiger partial charge in [0.2, 0.25) is 0 Å². The van der Waals surface area contributed by atoms with E-state index >= 15 is 0 Å². The monoisotopic (exact) mass is 207 g/mol. The quantitative estimate of drug-likeness (QED) is 0.247. The Balaban J connectivity index is 3.85. The molecule has 1 N–H and O–H groups in total. The van der Waals surface area contributed by atoms with Gasteiger partial charge in [-0.1, -0.05) is 24.9 Å². The third kappa shape index (κ3) is 4.67. The smallest absolute Gasteiger partial charge is 0.336 e. The molecule has 76 valence electrons. The Kier molecular flexibility index (Phi) is 6.22. The molecule has 0 saturated carbocycles. The fourth-order valence-corrected chi connectivity index (χ4v) is 0.841. The van der Waals surface area contributed by atoms with Crippen molar-refractivity contribution in [1.29, 1.82) is 0 Å². The lowest BCUT2D eigenvalue weighted by Crippen LogP contribution is -2.39. The van der Waals surface area contributed by atoms with Crippen LogP contribution in [0.3, 0.4) is 0 Å². The van der Waals surface area contributed by atoms with Crippen molar-refractivity contribution < 1.29 is 4.79 Å². The molecule has 0 bridgehead atoms. The van der Waals surface area contributed by atoms with E-state index in [0.717, 1.165) is 12.8 Å². The van der Waals surface area contributed by atoms with Crippen molar-refractivity contribution in [3.8, 4) is 0 Å². The van der Waals surface area contributed by atoms with E-state index in [4.69, 9.17) is 11.6 Å². The van der Waals surface area contributed by atoms with E-state index in [-0.39, 0.29) is 0 Å². The highest BCUT2D eigenvalue weighted by Gasteiger charge is 2.17. The van der Waals surface area contributed by atoms with Crippen molar-refractivity contribution in [3.05, 3.63) is 4.91 Å². The Hall–Kier alpha value is -0.840. The molecular formula is C7H14ClN3O2. The van der Waals surface area contributed by atoms with Gasteiger partial charge in [0.1, 0.15) is 5.50 Å². The summed E-state index contributed by atoms with van der Waals surface area (Å²) in [7, 11) is 0. The maximum atomic E-state index is 11.1. The van der Waals surface area contributed by atoms with Crippen molar-refractivity contribution in [3.63, 3.8) is 0 Å². The summed E-state index contributed by atoms with van der Waals surface area (Å²) in [5, 5.41) is 5.69. The summed E-state index contributed by atoms with van der Waals surface area (Å²) in [5.74, 6) is 0. The predicted octanol–water partition coefficient (Wildman–Crippen LogP) is 2.06. The lowest BCUT2D eigenvalue weighted by molar-refractivity contribution is 0.196. The van der Waals surface area contributed by atoms with Gasteiger partial charge < -0.3 is 5.32 Å². The van der Waals surface area contributed by atoms with Gasteiger partial charge in [-0.05, 0) is 13.3 Å². The van der Waals surface area contributed by atoms with Gasteiger partial charge in [-0.15, -0.1) is 4.91 Å². The molecule has 0 aliphatic heterocycles. The van der Waals surface area contributed by atoms with E-state index in [0.29, 0.717) is 11.6 Å². The molecule has 0 aliphatic rings. The van der Waals surface area contributed by atoms with Gasteiger partial charge in [-0.3, -0.25) is 0 Å². The fourth-order valence-electron chi connectivity index (χ4n) is 0.717. The van der Waals surface area contributed by atoms with Gasteiger partial charge in [-0.25, -0.2) is 4.79 Å². The molecule has 0 heterocycles. The van der Waals surface area contributed by atoms with Crippen LogP contribution in [0, 0.1) is 4.91 Å². The van der Waals surface area contributed by atoms with Crippen molar-refractivity contribution in [2.75, 3.05) is 6.54 Å². The number of urea groups is 1. The molecular weight excluding hydrogens is 194 g/mol. The van der Waals surface area contributed by atoms with E-state index < -0.39 is 11.5 Å². The molecule has 0 radical (unpaired) electrons. The fraction of sp³-hybridized carbons (Fsp3) is 0.857. The van der Waals surface area contributed by atoms with Gasteiger partial charge >= 0.3 is 6.03 Å². The van der Waals surface area contributed by atoms with Crippen LogP contribution in [-0.2, 0) is 0 Å². The lowest BCUT2D eigenvalue weighted by atomic mass is 10.3. The summed E-state index contributed by atoms with van der Waals surface area (Å²) in [4.78, 5) is 21.3. The van der Waals surface area contributed by atoms with Crippen LogP contribution in [0.5, 0.6) is 0 Å². The minimum atomic E-state index is -0.723. The van der Waals surface area contributed by atoms with E-state index in [1.807, 2.05) is 6.92 Å². The van der Waals surface area contributed by atoms with Crippen LogP contribution in [0.25, 0.3) is 0 Å². The average Bonchev–Trinajstić information content (AvgIpc) is 2.05. The number of alkyl halides is 1. The highest BCUT2D eigenvalue weighted by atomic mass is 35.5. The normalized spacial score (nSPS) is 11.9. The molecule has 1 unspecified atom stereocenters. The van der Waals surface area contributed by atoms with E-state index in [1.54, 1.807) is 0 Å². The Bertz CT molecular complexity index is 175. The summed E-state index contributed by atoms with van der Waals surface area (Å²) in [6.07, 6.45) is 1.85. The number of rotatable bonds is 5. The number of carbonyl (C=O) groups excluding carboxylic acids is 1. The second-order valence-electron chi connectivity index (χ2n) is 2.59. The van der Waals surface area contributed by atoms with Crippen molar-refractivity contribution in [1.82, 2.24) is 10.3 Å². The Labute approximate surface area is 82.4 Å². The zero-order valence-corrected chi connectivity index (χ0v) is 8.54. The van der Waals surface area contributed by atoms with Crippen molar-refractivity contribution in [2.45, 2.75) is 32.2 Å². The first-order chi connectivity index (χ1) is 6.13. The Morgan fingerprint density at radius 3 is 2.69 bits per heavy atom. The van der Waals surface area contributed by atoms with Crippen LogP contribution >= 0.6 is 11.6 Å². The van der Waals surface area contributed by atoms with Crippen LogP contribution in [0.4, 0.5) is 4.79 Å². The molecule has 2 amide bonds. The van der Waals surface area contributed by atoms with Gasteiger partial charge in [0.25, 0.3) is 0 Å². The number of carbonyl (C=O) groups is 1. The number of hydrogen-bond donors (Lipinski definition) is 1. The van der Waals surface area contributed by atoms with Crippen LogP contribution in [0.2, 0.25) is 0 Å². The zero-order chi connectivity index (χ0) is 10.3. The van der Waals surface area contributed by atoms with E-state index in [2.05, 4.69) is 10.6 Å². The second-order valence-corrected chi connectivity index (χ2v) is 3.22. The first-order valence-electron chi connectivity index (χ1n) is 4.17.